The van der Waals surface area contributed by atoms with Gasteiger partial charge in [-0.2, -0.15) is 0 Å². The van der Waals surface area contributed by atoms with Gasteiger partial charge in [-0.15, -0.1) is 0 Å². The summed E-state index contributed by atoms with van der Waals surface area (Å²) in [5.41, 5.74) is -11.5. The summed E-state index contributed by atoms with van der Waals surface area (Å²) in [6, 6.07) is 8.29. The van der Waals surface area contributed by atoms with E-state index in [-0.39, 0.29) is 16.9 Å². The predicted octanol–water partition coefficient (Wildman–Crippen LogP) is 0.706. The highest BCUT2D eigenvalue weighted by Gasteiger charge is 3.10. The van der Waals surface area contributed by atoms with Crippen LogP contribution < -0.4 is 0 Å². The van der Waals surface area contributed by atoms with E-state index in [1.54, 1.807) is 0 Å². The number of aliphatic hydroxyl groups is 7. The van der Waals surface area contributed by atoms with Crippen molar-refractivity contribution in [2.24, 2.45) is 21.9 Å². The molecular formula is C32H38N4O12. The molecule has 8 N–H and O–H groups in total. The van der Waals surface area contributed by atoms with Crippen LogP contribution in [-0.4, -0.2) is 111 Å². The van der Waals surface area contributed by atoms with Crippen molar-refractivity contribution in [1.29, 1.82) is 0 Å². The summed E-state index contributed by atoms with van der Waals surface area (Å²) < 4.78 is 17.5. The number of ether oxygens (including phenoxy) is 3. The van der Waals surface area contributed by atoms with Gasteiger partial charge in [0.2, 0.25) is 0 Å². The summed E-state index contributed by atoms with van der Waals surface area (Å²) in [6.45, 7) is 4.76. The Morgan fingerprint density at radius 1 is 1.06 bits per heavy atom. The number of aromatic amines is 1. The third kappa shape index (κ3) is 3.01. The van der Waals surface area contributed by atoms with Gasteiger partial charge in [-0.1, -0.05) is 38.0 Å². The number of benzene rings is 1. The lowest BCUT2D eigenvalue weighted by Crippen LogP contribution is -2.79. The minimum absolute atomic E-state index is 0.0154. The lowest BCUT2D eigenvalue weighted by molar-refractivity contribution is -0.400. The molecule has 0 amide bonds. The maximum absolute atomic E-state index is 13.4. The maximum atomic E-state index is 13.4. The number of nitrogens with zero attached hydrogens (tertiary/aromatic N) is 3. The number of carbonyl (C=O) groups is 2. The van der Waals surface area contributed by atoms with Crippen LogP contribution in [0.4, 0.5) is 5.69 Å². The number of carbonyl (C=O) groups excluding carboxylic acids is 2. The zero-order valence-electron chi connectivity index (χ0n) is 26.6. The molecule has 2 aromatic rings. The second-order valence-electron chi connectivity index (χ2n) is 14.8. The minimum atomic E-state index is -3.00. The van der Waals surface area contributed by atoms with E-state index >= 15 is 0 Å². The molecule has 4 aliphatic carbocycles. The van der Waals surface area contributed by atoms with Crippen molar-refractivity contribution in [1.82, 2.24) is 4.98 Å². The number of H-pyrrole nitrogens is 1. The van der Waals surface area contributed by atoms with Crippen molar-refractivity contribution < 1.29 is 59.5 Å². The van der Waals surface area contributed by atoms with Gasteiger partial charge < -0.3 is 54.9 Å². The molecule has 258 valence electrons. The predicted molar refractivity (Wildman–Crippen MR) is 160 cm³/mol. The molecule has 2 saturated heterocycles. The standard InChI is InChI=1S/C32H38N4O12/c1-16(2)29(43)23(47-21(38)19-6-5-13-34-19)30(44)24(3)14-28(42)25(29,4)32(30,45)31(48-28)22(39)26(40,11-12-27(24,31)41)15-46-20(37)17-7-9-18(10-8-17)35-36-33/h5-10,13,16,22-23,34,39-45H,11-12,14-15H2,1-4H3. The van der Waals surface area contributed by atoms with Crippen LogP contribution in [-0.2, 0) is 14.2 Å². The first kappa shape index (κ1) is 33.0. The largest absolute Gasteiger partial charge is 0.459 e. The lowest BCUT2D eigenvalue weighted by Gasteiger charge is -2.61. The molecule has 6 bridgehead atoms. The summed E-state index contributed by atoms with van der Waals surface area (Å²) >= 11 is 0. The van der Waals surface area contributed by atoms with Crippen molar-refractivity contribution in [3.8, 4) is 0 Å². The monoisotopic (exact) mass is 670 g/mol. The Kier molecular flexibility index (Phi) is 6.42. The molecule has 16 heteroatoms. The second kappa shape index (κ2) is 9.35. The quantitative estimate of drug-likeness (QED) is 0.0876. The fraction of sp³-hybridized carbons (Fsp3) is 0.625. The molecule has 48 heavy (non-hydrogen) atoms. The van der Waals surface area contributed by atoms with Crippen molar-refractivity contribution in [2.45, 2.75) is 98.6 Å². The summed E-state index contributed by atoms with van der Waals surface area (Å²) in [4.78, 5) is 31.7. The molecule has 6 fully saturated rings. The number of azide groups is 1. The molecule has 1 spiro atoms. The van der Waals surface area contributed by atoms with Crippen molar-refractivity contribution in [2.75, 3.05) is 6.61 Å². The van der Waals surface area contributed by atoms with E-state index < -0.39 is 106 Å². The van der Waals surface area contributed by atoms with Crippen LogP contribution >= 0.6 is 0 Å². The van der Waals surface area contributed by atoms with Gasteiger partial charge in [0.05, 0.1) is 11.0 Å². The SMILES string of the molecule is CC(C)C1(O)C(OC(=O)c2ccc[nH]2)C2(O)C3(C)CC4(O)OC5(C(O)C(O)(COC(=O)c6ccc(N=[N+]=[N-])cc6)CCC35O)C2(O)C41C. The van der Waals surface area contributed by atoms with E-state index in [1.807, 2.05) is 0 Å². The number of hydrogen-bond acceptors (Lipinski definition) is 13. The van der Waals surface area contributed by atoms with E-state index in [0.717, 1.165) is 0 Å². The lowest BCUT2D eigenvalue weighted by atomic mass is 9.52. The number of aliphatic hydroxyl groups excluding tert-OH is 1. The van der Waals surface area contributed by atoms with E-state index in [2.05, 4.69) is 15.0 Å². The number of nitrogens with one attached hydrogen (secondary N) is 1. The zero-order valence-corrected chi connectivity index (χ0v) is 26.6. The van der Waals surface area contributed by atoms with Crippen LogP contribution in [0.2, 0.25) is 0 Å². The molecule has 16 nitrogen and oxygen atoms in total. The Morgan fingerprint density at radius 2 is 1.73 bits per heavy atom. The Morgan fingerprint density at radius 3 is 2.31 bits per heavy atom. The third-order valence-electron chi connectivity index (χ3n) is 12.9. The highest BCUT2D eigenvalue weighted by atomic mass is 16.7. The van der Waals surface area contributed by atoms with Crippen molar-refractivity contribution >= 4 is 17.6 Å². The zero-order chi connectivity index (χ0) is 35.1. The summed E-state index contributed by atoms with van der Waals surface area (Å²) in [5, 5.41) is 91.6. The number of rotatable bonds is 7. The Labute approximate surface area is 273 Å². The van der Waals surface area contributed by atoms with E-state index in [0.29, 0.717) is 0 Å². The average Bonchev–Trinajstić information content (AvgIpc) is 3.67. The van der Waals surface area contributed by atoms with Gasteiger partial charge in [-0.25, -0.2) is 9.59 Å². The van der Waals surface area contributed by atoms with Crippen molar-refractivity contribution in [3.05, 3.63) is 64.3 Å². The maximum Gasteiger partial charge on any atom is 0.355 e. The molecule has 1 aromatic carbocycles. The summed E-state index contributed by atoms with van der Waals surface area (Å²) in [6.07, 6.45) is -4.36. The highest BCUT2D eigenvalue weighted by Crippen LogP contribution is 2.90. The van der Waals surface area contributed by atoms with Crippen LogP contribution in [0, 0.1) is 16.7 Å². The fourth-order valence-electron chi connectivity index (χ4n) is 10.6. The second-order valence-corrected chi connectivity index (χ2v) is 14.8. The normalized spacial score (nSPS) is 47.9. The smallest absolute Gasteiger partial charge is 0.355 e. The Hall–Kier alpha value is -3.57. The number of hydrogen-bond donors (Lipinski definition) is 8. The molecule has 3 heterocycles. The molecule has 11 unspecified atom stereocenters. The number of esters is 2. The average molecular weight is 671 g/mol. The highest BCUT2D eigenvalue weighted by molar-refractivity contribution is 5.90. The van der Waals surface area contributed by atoms with Crippen LogP contribution in [0.3, 0.4) is 0 Å². The molecule has 11 atom stereocenters. The molecule has 2 aliphatic heterocycles. The molecular weight excluding hydrogens is 632 g/mol. The summed E-state index contributed by atoms with van der Waals surface area (Å²) in [5.74, 6) is -5.45. The first-order valence-electron chi connectivity index (χ1n) is 15.7. The van der Waals surface area contributed by atoms with E-state index in [4.69, 9.17) is 19.7 Å². The first-order chi connectivity index (χ1) is 22.3. The van der Waals surface area contributed by atoms with Crippen LogP contribution in [0.1, 0.15) is 67.8 Å². The van der Waals surface area contributed by atoms with Gasteiger partial charge in [0.1, 0.15) is 46.4 Å². The molecule has 6 aliphatic rings. The topological polar surface area (TPSA) is 268 Å². The fourth-order valence-corrected chi connectivity index (χ4v) is 10.6. The van der Waals surface area contributed by atoms with Gasteiger partial charge in [0.25, 0.3) is 0 Å². The van der Waals surface area contributed by atoms with Gasteiger partial charge in [-0.05, 0) is 55.5 Å². The van der Waals surface area contributed by atoms with Crippen LogP contribution in [0.25, 0.3) is 10.4 Å². The first-order valence-corrected chi connectivity index (χ1v) is 15.7. The molecule has 1 aromatic heterocycles. The Balaban J connectivity index is 1.34. The van der Waals surface area contributed by atoms with Gasteiger partial charge in [0, 0.05) is 28.6 Å². The summed E-state index contributed by atoms with van der Waals surface area (Å²) in [7, 11) is 0. The minimum Gasteiger partial charge on any atom is -0.459 e. The van der Waals surface area contributed by atoms with Gasteiger partial charge >= 0.3 is 11.9 Å². The van der Waals surface area contributed by atoms with Crippen LogP contribution in [0.15, 0.2) is 47.7 Å². The van der Waals surface area contributed by atoms with E-state index in [9.17, 15) is 45.3 Å². The number of aromatic nitrogens is 1. The molecule has 0 radical (unpaired) electrons. The van der Waals surface area contributed by atoms with Crippen molar-refractivity contribution in [3.63, 3.8) is 0 Å². The molecule has 4 saturated carbocycles. The molecule has 8 rings (SSSR count). The van der Waals surface area contributed by atoms with Gasteiger partial charge in [0.15, 0.2) is 17.5 Å². The van der Waals surface area contributed by atoms with E-state index in [1.165, 1.54) is 70.3 Å². The van der Waals surface area contributed by atoms with Gasteiger partial charge in [-0.3, -0.25) is 0 Å². The van der Waals surface area contributed by atoms with Crippen LogP contribution in [0.5, 0.6) is 0 Å². The third-order valence-corrected chi connectivity index (χ3v) is 12.9. The Bertz CT molecular complexity index is 1770.